The Kier molecular flexibility index (Phi) is 7.54. The van der Waals surface area contributed by atoms with Gasteiger partial charge in [0.25, 0.3) is 0 Å². The van der Waals surface area contributed by atoms with Crippen LogP contribution in [0.15, 0.2) is 48.6 Å². The minimum Gasteiger partial charge on any atom is -0.489 e. The summed E-state index contributed by atoms with van der Waals surface area (Å²) in [5.41, 5.74) is 0. The molecule has 152 valence electrons. The van der Waals surface area contributed by atoms with Crippen LogP contribution in [-0.4, -0.2) is 41.1 Å². The Balaban J connectivity index is 1.73. The lowest BCUT2D eigenvalue weighted by atomic mass is 9.89. The normalized spacial score (nSPS) is 33.5. The number of carbonyl (C=O) groups excluding carboxylic acids is 1. The first kappa shape index (κ1) is 20.9. The molecule has 1 saturated carbocycles. The number of halogens is 1. The molecule has 1 heterocycles. The summed E-state index contributed by atoms with van der Waals surface area (Å²) in [5, 5.41) is 21.2. The fraction of sp³-hybridized carbons (Fsp3) is 0.500. The van der Waals surface area contributed by atoms with Crippen molar-refractivity contribution >= 4 is 17.6 Å². The second kappa shape index (κ2) is 10.1. The lowest BCUT2D eigenvalue weighted by molar-refractivity contribution is -0.148. The van der Waals surface area contributed by atoms with E-state index in [4.69, 9.17) is 21.1 Å². The van der Waals surface area contributed by atoms with Crippen molar-refractivity contribution in [2.75, 3.05) is 6.61 Å². The molecule has 1 aliphatic heterocycles. The molecule has 0 saturated heterocycles. The third kappa shape index (κ3) is 5.84. The van der Waals surface area contributed by atoms with Gasteiger partial charge in [0, 0.05) is 23.8 Å². The maximum Gasteiger partial charge on any atom is 0.306 e. The Hall–Kier alpha value is -1.82. The van der Waals surface area contributed by atoms with Crippen molar-refractivity contribution < 1.29 is 24.5 Å². The van der Waals surface area contributed by atoms with Crippen molar-refractivity contribution in [3.05, 3.63) is 53.6 Å². The van der Waals surface area contributed by atoms with Gasteiger partial charge in [-0.3, -0.25) is 4.79 Å². The molecule has 0 spiro atoms. The molecule has 6 heteroatoms. The van der Waals surface area contributed by atoms with Gasteiger partial charge in [0.1, 0.15) is 12.4 Å². The summed E-state index contributed by atoms with van der Waals surface area (Å²) in [5.74, 6) is 0.0834. The number of hydrogen-bond donors (Lipinski definition) is 2. The van der Waals surface area contributed by atoms with Crippen molar-refractivity contribution in [1.29, 1.82) is 0 Å². The highest BCUT2D eigenvalue weighted by atomic mass is 35.5. The maximum atomic E-state index is 12.2. The van der Waals surface area contributed by atoms with Crippen molar-refractivity contribution in [3.8, 4) is 5.75 Å². The number of benzene rings is 1. The highest BCUT2D eigenvalue weighted by molar-refractivity contribution is 6.30. The zero-order chi connectivity index (χ0) is 19.9. The highest BCUT2D eigenvalue weighted by Gasteiger charge is 2.39. The molecule has 5 nitrogen and oxygen atoms in total. The zero-order valence-electron chi connectivity index (χ0n) is 15.7. The molecule has 28 heavy (non-hydrogen) atoms. The van der Waals surface area contributed by atoms with E-state index >= 15 is 0 Å². The number of carbonyl (C=O) groups is 1. The molecule has 1 aromatic carbocycles. The van der Waals surface area contributed by atoms with E-state index in [2.05, 4.69) is 0 Å². The van der Waals surface area contributed by atoms with E-state index in [1.165, 1.54) is 0 Å². The fourth-order valence-corrected chi connectivity index (χ4v) is 3.97. The summed E-state index contributed by atoms with van der Waals surface area (Å²) in [6.45, 7) is 0.150. The third-order valence-electron chi connectivity index (χ3n) is 5.28. The summed E-state index contributed by atoms with van der Waals surface area (Å²) in [6.07, 6.45) is 8.85. The number of rotatable bonds is 3. The van der Waals surface area contributed by atoms with Crippen molar-refractivity contribution in [1.82, 2.24) is 0 Å². The smallest absolute Gasteiger partial charge is 0.306 e. The largest absolute Gasteiger partial charge is 0.489 e. The average molecular weight is 407 g/mol. The molecule has 1 aliphatic carbocycles. The summed E-state index contributed by atoms with van der Waals surface area (Å²) in [7, 11) is 0. The van der Waals surface area contributed by atoms with E-state index < -0.39 is 18.3 Å². The van der Waals surface area contributed by atoms with E-state index in [1.807, 2.05) is 18.2 Å². The Morgan fingerprint density at radius 3 is 2.86 bits per heavy atom. The zero-order valence-corrected chi connectivity index (χ0v) is 16.5. The van der Waals surface area contributed by atoms with Crippen LogP contribution in [-0.2, 0) is 9.53 Å². The molecule has 1 aromatic rings. The lowest BCUT2D eigenvalue weighted by Gasteiger charge is -2.20. The first-order valence-corrected chi connectivity index (χ1v) is 10.2. The average Bonchev–Trinajstić information content (AvgIpc) is 2.93. The van der Waals surface area contributed by atoms with E-state index in [0.29, 0.717) is 36.5 Å². The van der Waals surface area contributed by atoms with E-state index in [9.17, 15) is 15.0 Å². The molecular weight excluding hydrogens is 380 g/mol. The van der Waals surface area contributed by atoms with Gasteiger partial charge in [0.15, 0.2) is 6.10 Å². The van der Waals surface area contributed by atoms with Gasteiger partial charge in [0.05, 0.1) is 12.2 Å². The van der Waals surface area contributed by atoms with E-state index in [0.717, 1.165) is 6.42 Å². The topological polar surface area (TPSA) is 76.0 Å². The molecule has 0 amide bonds. The van der Waals surface area contributed by atoms with Gasteiger partial charge < -0.3 is 19.7 Å². The Bertz CT molecular complexity index is 717. The van der Waals surface area contributed by atoms with Crippen LogP contribution in [0.25, 0.3) is 0 Å². The molecular formula is C22H27ClO5. The number of hydrogen-bond acceptors (Lipinski definition) is 5. The van der Waals surface area contributed by atoms with Crippen molar-refractivity contribution in [2.24, 2.45) is 11.8 Å². The fourth-order valence-electron chi connectivity index (χ4n) is 3.79. The second-order valence-corrected chi connectivity index (χ2v) is 7.83. The van der Waals surface area contributed by atoms with Crippen LogP contribution in [0.5, 0.6) is 5.75 Å². The molecule has 5 atom stereocenters. The third-order valence-corrected chi connectivity index (χ3v) is 5.52. The Labute approximate surface area is 170 Å². The van der Waals surface area contributed by atoms with Gasteiger partial charge in [-0.25, -0.2) is 0 Å². The van der Waals surface area contributed by atoms with Crippen LogP contribution in [0.2, 0.25) is 5.02 Å². The number of ether oxygens (including phenoxy) is 2. The van der Waals surface area contributed by atoms with Crippen LogP contribution in [0, 0.1) is 11.8 Å². The van der Waals surface area contributed by atoms with Gasteiger partial charge in [-0.2, -0.15) is 0 Å². The first-order valence-electron chi connectivity index (χ1n) is 9.80. The van der Waals surface area contributed by atoms with Gasteiger partial charge in [-0.15, -0.1) is 0 Å². The van der Waals surface area contributed by atoms with Crippen molar-refractivity contribution in [3.63, 3.8) is 0 Å². The molecule has 0 aromatic heterocycles. The Morgan fingerprint density at radius 2 is 2.04 bits per heavy atom. The predicted molar refractivity (Wildman–Crippen MR) is 107 cm³/mol. The SMILES string of the molecule is O=C1CCC/C=C\C[C@@H]2C(/C=C/[C@@H](COc3cccc(Cl)c3)O1)[C@H](O)C[C@@H]2O. The number of cyclic esters (lactones) is 1. The molecule has 0 radical (unpaired) electrons. The number of allylic oxidation sites excluding steroid dienone is 2. The molecule has 2 N–H and O–H groups in total. The second-order valence-electron chi connectivity index (χ2n) is 7.39. The predicted octanol–water partition coefficient (Wildman–Crippen LogP) is 3.67. The number of fused-ring (bicyclic) bond motifs is 1. The molecule has 2 aliphatic rings. The van der Waals surface area contributed by atoms with Crippen LogP contribution >= 0.6 is 11.6 Å². The van der Waals surface area contributed by atoms with Gasteiger partial charge in [0.2, 0.25) is 0 Å². The maximum absolute atomic E-state index is 12.2. The number of aliphatic hydroxyl groups excluding tert-OH is 2. The van der Waals surface area contributed by atoms with Crippen molar-refractivity contribution in [2.45, 2.75) is 50.4 Å². The van der Waals surface area contributed by atoms with E-state index in [-0.39, 0.29) is 24.4 Å². The minimum atomic E-state index is -0.611. The minimum absolute atomic E-state index is 0.0477. The van der Waals surface area contributed by atoms with Gasteiger partial charge >= 0.3 is 5.97 Å². The monoisotopic (exact) mass is 406 g/mol. The molecule has 0 bridgehead atoms. The van der Waals surface area contributed by atoms with Gasteiger partial charge in [-0.1, -0.05) is 35.9 Å². The summed E-state index contributed by atoms with van der Waals surface area (Å²) < 4.78 is 11.3. The highest BCUT2D eigenvalue weighted by Crippen LogP contribution is 2.36. The molecule has 3 rings (SSSR count). The van der Waals surface area contributed by atoms with Crippen LogP contribution < -0.4 is 4.74 Å². The molecule has 1 fully saturated rings. The summed E-state index contributed by atoms with van der Waals surface area (Å²) in [4.78, 5) is 12.2. The first-order chi connectivity index (χ1) is 13.5. The summed E-state index contributed by atoms with van der Waals surface area (Å²) >= 11 is 5.98. The van der Waals surface area contributed by atoms with Crippen LogP contribution in [0.1, 0.15) is 32.1 Å². The summed E-state index contributed by atoms with van der Waals surface area (Å²) in [6, 6.07) is 7.04. The van der Waals surface area contributed by atoms with Crippen LogP contribution in [0.4, 0.5) is 0 Å². The number of aliphatic hydroxyl groups is 2. The van der Waals surface area contributed by atoms with E-state index in [1.54, 1.807) is 30.3 Å². The Morgan fingerprint density at radius 1 is 1.18 bits per heavy atom. The lowest BCUT2D eigenvalue weighted by Crippen LogP contribution is -2.25. The molecule has 1 unspecified atom stereocenters. The standard InChI is InChI=1S/C22H27ClO5/c23-15-6-5-7-16(12-15)27-14-17-10-11-19-18(20(24)13-21(19)25)8-3-1-2-4-9-22(26)28-17/h1,3,5-7,10-12,17-21,24-25H,2,4,8-9,13-14H2/b3-1-,11-10+/t17-,18+,19?,20-,21+/m0/s1. The number of esters is 1. The van der Waals surface area contributed by atoms with Crippen LogP contribution in [0.3, 0.4) is 0 Å². The van der Waals surface area contributed by atoms with Gasteiger partial charge in [-0.05, 0) is 49.5 Å². The quantitative estimate of drug-likeness (QED) is 0.591.